The molecule has 0 aliphatic heterocycles. The fraction of sp³-hybridized carbons (Fsp3) is 0.200. The Morgan fingerprint density at radius 1 is 1.07 bits per heavy atom. The number of hydrogen-bond acceptors (Lipinski definition) is 6. The molecule has 156 valence electrons. The molecule has 0 atom stereocenters. The summed E-state index contributed by atoms with van der Waals surface area (Å²) in [5.74, 6) is -3.60. The van der Waals surface area contributed by atoms with Crippen LogP contribution in [-0.2, 0) is 4.74 Å². The lowest BCUT2D eigenvalue weighted by Crippen LogP contribution is -2.26. The van der Waals surface area contributed by atoms with Gasteiger partial charge in [0.1, 0.15) is 22.5 Å². The van der Waals surface area contributed by atoms with Gasteiger partial charge in [-0.3, -0.25) is 9.36 Å². The molecule has 10 nitrogen and oxygen atoms in total. The summed E-state index contributed by atoms with van der Waals surface area (Å²) in [6.45, 7) is 5.12. The largest absolute Gasteiger partial charge is 0.478 e. The molecule has 30 heavy (non-hydrogen) atoms. The van der Waals surface area contributed by atoms with Crippen molar-refractivity contribution in [2.24, 2.45) is 0 Å². The van der Waals surface area contributed by atoms with Crippen LogP contribution in [0.15, 0.2) is 35.3 Å². The molecule has 0 saturated heterocycles. The summed E-state index contributed by atoms with van der Waals surface area (Å²) in [6.07, 6.45) is 0.747. The molecule has 0 spiro atoms. The van der Waals surface area contributed by atoms with Crippen molar-refractivity contribution in [2.45, 2.75) is 26.4 Å². The first-order chi connectivity index (χ1) is 13.9. The van der Waals surface area contributed by atoms with Crippen LogP contribution in [0.25, 0.3) is 22.0 Å². The van der Waals surface area contributed by atoms with E-state index in [1.54, 1.807) is 26.8 Å². The minimum absolute atomic E-state index is 0.127. The normalized spacial score (nSPS) is 11.4. The van der Waals surface area contributed by atoms with E-state index in [0.29, 0.717) is 10.9 Å². The number of hydrogen-bond donors (Lipinski definition) is 4. The molecule has 0 aliphatic rings. The Labute approximate surface area is 169 Å². The molecule has 0 fully saturated rings. The quantitative estimate of drug-likeness (QED) is 0.509. The van der Waals surface area contributed by atoms with Crippen molar-refractivity contribution in [2.75, 3.05) is 5.73 Å². The van der Waals surface area contributed by atoms with Crippen LogP contribution in [-0.4, -0.2) is 43.4 Å². The van der Waals surface area contributed by atoms with E-state index in [-0.39, 0.29) is 11.1 Å². The van der Waals surface area contributed by atoms with Crippen LogP contribution in [0.4, 0.5) is 10.6 Å². The standard InChI is InChI=1S/C20H19N3O7/c1-20(2,3)30-19(29)23-8-7-9-10(5-4-6-11(9)23)12-13(17(25)26)15(21)22-16(24)14(12)18(27)28/h4-8H,1-3H3,(H,25,26)(H,27,28)(H3,21,22,24). The third-order valence-corrected chi connectivity index (χ3v) is 4.26. The number of aromatic amines is 1. The smallest absolute Gasteiger partial charge is 0.418 e. The summed E-state index contributed by atoms with van der Waals surface area (Å²) in [5.41, 5.74) is 2.71. The number of carboxylic acids is 2. The van der Waals surface area contributed by atoms with Gasteiger partial charge in [-0.15, -0.1) is 0 Å². The van der Waals surface area contributed by atoms with Gasteiger partial charge in [0.15, 0.2) is 0 Å². The third-order valence-electron chi connectivity index (χ3n) is 4.26. The van der Waals surface area contributed by atoms with Gasteiger partial charge in [-0.25, -0.2) is 14.4 Å². The van der Waals surface area contributed by atoms with Crippen molar-refractivity contribution in [3.05, 3.63) is 51.9 Å². The van der Waals surface area contributed by atoms with Crippen LogP contribution < -0.4 is 11.3 Å². The van der Waals surface area contributed by atoms with Crippen molar-refractivity contribution in [3.63, 3.8) is 0 Å². The van der Waals surface area contributed by atoms with Crippen molar-refractivity contribution in [1.82, 2.24) is 9.55 Å². The summed E-state index contributed by atoms with van der Waals surface area (Å²) in [7, 11) is 0. The molecule has 0 radical (unpaired) electrons. The van der Waals surface area contributed by atoms with Crippen LogP contribution in [0.3, 0.4) is 0 Å². The number of H-pyrrole nitrogens is 1. The molecule has 3 aromatic rings. The van der Waals surface area contributed by atoms with Gasteiger partial charge in [-0.05, 0) is 38.5 Å². The maximum Gasteiger partial charge on any atom is 0.418 e. The predicted octanol–water partition coefficient (Wildman–Crippen LogP) is 2.76. The van der Waals surface area contributed by atoms with Crippen molar-refractivity contribution in [3.8, 4) is 11.1 Å². The summed E-state index contributed by atoms with van der Waals surface area (Å²) >= 11 is 0. The van der Waals surface area contributed by atoms with Crippen molar-refractivity contribution in [1.29, 1.82) is 0 Å². The maximum atomic E-state index is 12.5. The fourth-order valence-corrected chi connectivity index (χ4v) is 3.17. The third kappa shape index (κ3) is 3.50. The SMILES string of the molecule is CC(C)(C)OC(=O)n1ccc2c(-c3c(C(=O)O)c(N)[nH]c(=O)c3C(=O)O)cccc21. The van der Waals surface area contributed by atoms with Gasteiger partial charge in [-0.1, -0.05) is 12.1 Å². The molecule has 0 unspecified atom stereocenters. The van der Waals surface area contributed by atoms with E-state index in [0.717, 1.165) is 0 Å². The Kier molecular flexibility index (Phi) is 4.86. The number of fused-ring (bicyclic) bond motifs is 1. The molecular formula is C20H19N3O7. The van der Waals surface area contributed by atoms with Gasteiger partial charge in [0.25, 0.3) is 5.56 Å². The highest BCUT2D eigenvalue weighted by Gasteiger charge is 2.28. The summed E-state index contributed by atoms with van der Waals surface area (Å²) < 4.78 is 6.57. The van der Waals surface area contributed by atoms with E-state index in [1.165, 1.54) is 29.0 Å². The van der Waals surface area contributed by atoms with Crippen LogP contribution in [0.5, 0.6) is 0 Å². The minimum Gasteiger partial charge on any atom is -0.478 e. The van der Waals surface area contributed by atoms with Gasteiger partial charge in [0.05, 0.1) is 5.52 Å². The highest BCUT2D eigenvalue weighted by atomic mass is 16.6. The lowest BCUT2D eigenvalue weighted by molar-refractivity contribution is 0.0543. The number of nitrogens with one attached hydrogen (secondary N) is 1. The van der Waals surface area contributed by atoms with E-state index < -0.39 is 46.1 Å². The number of aromatic carboxylic acids is 2. The molecular weight excluding hydrogens is 394 g/mol. The van der Waals surface area contributed by atoms with E-state index in [1.807, 2.05) is 0 Å². The van der Waals surface area contributed by atoms with Crippen LogP contribution in [0.2, 0.25) is 0 Å². The Bertz CT molecular complexity index is 1260. The second-order valence-electron chi connectivity index (χ2n) is 7.51. The number of pyridine rings is 1. The van der Waals surface area contributed by atoms with Crippen molar-refractivity contribution < 1.29 is 29.3 Å². The average molecular weight is 413 g/mol. The zero-order valence-corrected chi connectivity index (χ0v) is 16.3. The minimum atomic E-state index is -1.61. The second-order valence-corrected chi connectivity index (χ2v) is 7.51. The van der Waals surface area contributed by atoms with Gasteiger partial charge in [0.2, 0.25) is 0 Å². The Balaban J connectivity index is 2.37. The van der Waals surface area contributed by atoms with Crippen molar-refractivity contribution >= 4 is 34.8 Å². The molecule has 0 bridgehead atoms. The number of benzene rings is 1. The highest BCUT2D eigenvalue weighted by molar-refractivity contribution is 6.12. The maximum absolute atomic E-state index is 12.5. The van der Waals surface area contributed by atoms with Crippen LogP contribution in [0, 0.1) is 0 Å². The predicted molar refractivity (Wildman–Crippen MR) is 108 cm³/mol. The molecule has 10 heteroatoms. The van der Waals surface area contributed by atoms with Gasteiger partial charge < -0.3 is 25.7 Å². The molecule has 2 heterocycles. The molecule has 3 rings (SSSR count). The summed E-state index contributed by atoms with van der Waals surface area (Å²) in [6, 6.07) is 6.05. The van der Waals surface area contributed by atoms with Gasteiger partial charge in [-0.2, -0.15) is 0 Å². The van der Waals surface area contributed by atoms with Gasteiger partial charge in [0, 0.05) is 17.1 Å². The second kappa shape index (κ2) is 7.07. The number of nitrogen functional groups attached to an aromatic ring is 1. The fourth-order valence-electron chi connectivity index (χ4n) is 3.17. The first-order valence-electron chi connectivity index (χ1n) is 8.78. The van der Waals surface area contributed by atoms with E-state index >= 15 is 0 Å². The Hall–Kier alpha value is -4.08. The van der Waals surface area contributed by atoms with E-state index in [9.17, 15) is 29.4 Å². The number of anilines is 1. The summed E-state index contributed by atoms with van der Waals surface area (Å²) in [4.78, 5) is 50.5. The molecule has 5 N–H and O–H groups in total. The molecule has 1 aromatic carbocycles. The number of aromatic nitrogens is 2. The number of rotatable bonds is 3. The molecule has 2 aromatic heterocycles. The highest BCUT2D eigenvalue weighted by Crippen LogP contribution is 2.35. The number of nitrogens with zero attached hydrogens (tertiary/aromatic N) is 1. The average Bonchev–Trinajstić information content (AvgIpc) is 3.02. The van der Waals surface area contributed by atoms with Crippen LogP contribution in [0.1, 0.15) is 41.5 Å². The lowest BCUT2D eigenvalue weighted by atomic mass is 9.93. The monoisotopic (exact) mass is 413 g/mol. The topological polar surface area (TPSA) is 165 Å². The first-order valence-corrected chi connectivity index (χ1v) is 8.78. The van der Waals surface area contributed by atoms with E-state index in [2.05, 4.69) is 4.98 Å². The zero-order valence-electron chi connectivity index (χ0n) is 16.3. The number of nitrogens with two attached hydrogens (primary N) is 1. The first kappa shape index (κ1) is 20.6. The molecule has 0 amide bonds. The number of carboxylic acid groups (broad SMARTS) is 2. The lowest BCUT2D eigenvalue weighted by Gasteiger charge is -2.20. The van der Waals surface area contributed by atoms with E-state index in [4.69, 9.17) is 10.5 Å². The number of carbonyl (C=O) groups is 3. The summed E-state index contributed by atoms with van der Waals surface area (Å²) in [5, 5.41) is 19.5. The van der Waals surface area contributed by atoms with Gasteiger partial charge >= 0.3 is 18.0 Å². The molecule has 0 saturated carbocycles. The Morgan fingerprint density at radius 3 is 2.27 bits per heavy atom. The number of carbonyl (C=O) groups excluding carboxylic acids is 1. The van der Waals surface area contributed by atoms with Crippen LogP contribution >= 0.6 is 0 Å². The zero-order chi connectivity index (χ0) is 22.4. The molecule has 0 aliphatic carbocycles. The Morgan fingerprint density at radius 2 is 1.70 bits per heavy atom. The number of ether oxygens (including phenoxy) is 1.